The van der Waals surface area contributed by atoms with Crippen LogP contribution >= 0.6 is 0 Å². The van der Waals surface area contributed by atoms with Gasteiger partial charge in [-0.2, -0.15) is 17.0 Å². The summed E-state index contributed by atoms with van der Waals surface area (Å²) in [5, 5.41) is 8.93. The van der Waals surface area contributed by atoms with Gasteiger partial charge in [-0.25, -0.2) is 0 Å². The molecule has 0 atom stereocenters. The number of carboxylic acids is 1. The Hall–Kier alpha value is -0.700. The molecule has 0 spiro atoms. The van der Waals surface area contributed by atoms with Gasteiger partial charge in [0.05, 0.1) is 12.5 Å². The standard InChI is InChI=1S/C12H24N2O5S/c1-3-13(9-10-19-4-2)20(17,18)14-7-5-11(6-8-14)12(15)16/h11H,3-10H2,1-2H3,(H,15,16). The number of ether oxygens (including phenoxy) is 1. The number of carboxylic acid groups (broad SMARTS) is 1. The fourth-order valence-corrected chi connectivity index (χ4v) is 3.87. The van der Waals surface area contributed by atoms with Gasteiger partial charge in [0.2, 0.25) is 0 Å². The van der Waals surface area contributed by atoms with Crippen LogP contribution in [0.5, 0.6) is 0 Å². The maximum absolute atomic E-state index is 12.4. The number of piperidine rings is 1. The van der Waals surface area contributed by atoms with Crippen LogP contribution in [0.4, 0.5) is 0 Å². The van der Waals surface area contributed by atoms with Crippen LogP contribution in [0.3, 0.4) is 0 Å². The molecule has 1 heterocycles. The first-order valence-electron chi connectivity index (χ1n) is 6.99. The van der Waals surface area contributed by atoms with Gasteiger partial charge in [-0.3, -0.25) is 4.79 Å². The molecule has 0 aromatic heterocycles. The minimum Gasteiger partial charge on any atom is -0.481 e. The van der Waals surface area contributed by atoms with Crippen LogP contribution in [0.1, 0.15) is 26.7 Å². The summed E-state index contributed by atoms with van der Waals surface area (Å²) < 4.78 is 32.8. The lowest BCUT2D eigenvalue weighted by Gasteiger charge is -2.33. The summed E-state index contributed by atoms with van der Waals surface area (Å²) in [6, 6.07) is 0. The van der Waals surface area contributed by atoms with E-state index < -0.39 is 22.1 Å². The Labute approximate surface area is 120 Å². The van der Waals surface area contributed by atoms with Crippen molar-refractivity contribution in [1.29, 1.82) is 0 Å². The van der Waals surface area contributed by atoms with Crippen molar-refractivity contribution < 1.29 is 23.1 Å². The van der Waals surface area contributed by atoms with E-state index in [2.05, 4.69) is 0 Å². The third-order valence-corrected chi connectivity index (χ3v) is 5.61. The van der Waals surface area contributed by atoms with Crippen LogP contribution in [-0.2, 0) is 19.7 Å². The number of hydrogen-bond donors (Lipinski definition) is 1. The SMILES string of the molecule is CCOCCN(CC)S(=O)(=O)N1CCC(C(=O)O)CC1. The van der Waals surface area contributed by atoms with E-state index in [9.17, 15) is 13.2 Å². The van der Waals surface area contributed by atoms with E-state index >= 15 is 0 Å². The van der Waals surface area contributed by atoms with E-state index in [-0.39, 0.29) is 13.1 Å². The second-order valence-electron chi connectivity index (χ2n) is 4.71. The molecule has 118 valence electrons. The summed E-state index contributed by atoms with van der Waals surface area (Å²) in [7, 11) is -3.51. The Balaban J connectivity index is 2.61. The fraction of sp³-hybridized carbons (Fsp3) is 0.917. The minimum atomic E-state index is -3.51. The average Bonchev–Trinajstić information content (AvgIpc) is 2.43. The second kappa shape index (κ2) is 7.92. The lowest BCUT2D eigenvalue weighted by atomic mass is 9.99. The Bertz CT molecular complexity index is 404. The smallest absolute Gasteiger partial charge is 0.306 e. The molecule has 0 aliphatic carbocycles. The normalized spacial score (nSPS) is 18.6. The molecule has 20 heavy (non-hydrogen) atoms. The van der Waals surface area contributed by atoms with E-state index in [4.69, 9.17) is 9.84 Å². The maximum atomic E-state index is 12.4. The molecule has 1 aliphatic rings. The van der Waals surface area contributed by atoms with Gasteiger partial charge in [0.15, 0.2) is 0 Å². The molecular formula is C12H24N2O5S. The predicted molar refractivity (Wildman–Crippen MR) is 74.6 cm³/mol. The zero-order valence-electron chi connectivity index (χ0n) is 12.1. The minimum absolute atomic E-state index is 0.268. The van der Waals surface area contributed by atoms with E-state index in [1.54, 1.807) is 6.92 Å². The van der Waals surface area contributed by atoms with Crippen molar-refractivity contribution in [3.8, 4) is 0 Å². The predicted octanol–water partition coefficient (Wildman–Crippen LogP) is 0.386. The largest absolute Gasteiger partial charge is 0.481 e. The molecule has 0 unspecified atom stereocenters. The third-order valence-electron chi connectivity index (χ3n) is 3.50. The summed E-state index contributed by atoms with van der Waals surface area (Å²) in [6.07, 6.45) is 0.745. The first kappa shape index (κ1) is 17.4. The molecular weight excluding hydrogens is 284 g/mol. The van der Waals surface area contributed by atoms with Gasteiger partial charge >= 0.3 is 5.97 Å². The number of nitrogens with zero attached hydrogens (tertiary/aromatic N) is 2. The van der Waals surface area contributed by atoms with Crippen LogP contribution in [0, 0.1) is 5.92 Å². The van der Waals surface area contributed by atoms with E-state index in [0.29, 0.717) is 39.1 Å². The molecule has 1 rings (SSSR count). The highest BCUT2D eigenvalue weighted by Crippen LogP contribution is 2.21. The van der Waals surface area contributed by atoms with Crippen molar-refractivity contribution in [2.24, 2.45) is 5.92 Å². The number of likely N-dealkylation sites (N-methyl/N-ethyl adjacent to an activating group) is 1. The maximum Gasteiger partial charge on any atom is 0.306 e. The summed E-state index contributed by atoms with van der Waals surface area (Å²) in [5.41, 5.74) is 0. The summed E-state index contributed by atoms with van der Waals surface area (Å²) >= 11 is 0. The molecule has 0 aromatic rings. The van der Waals surface area contributed by atoms with Gasteiger partial charge in [0, 0.05) is 32.8 Å². The van der Waals surface area contributed by atoms with Crippen molar-refractivity contribution in [2.45, 2.75) is 26.7 Å². The van der Waals surface area contributed by atoms with Crippen LogP contribution in [0.15, 0.2) is 0 Å². The zero-order chi connectivity index (χ0) is 15.2. The molecule has 1 aliphatic heterocycles. The van der Waals surface area contributed by atoms with E-state index in [0.717, 1.165) is 0 Å². The van der Waals surface area contributed by atoms with Gasteiger partial charge in [0.1, 0.15) is 0 Å². The Morgan fingerprint density at radius 2 is 1.95 bits per heavy atom. The Morgan fingerprint density at radius 3 is 2.40 bits per heavy atom. The average molecular weight is 308 g/mol. The molecule has 1 saturated heterocycles. The monoisotopic (exact) mass is 308 g/mol. The molecule has 0 bridgehead atoms. The summed E-state index contributed by atoms with van der Waals surface area (Å²) in [4.78, 5) is 10.9. The zero-order valence-corrected chi connectivity index (χ0v) is 12.9. The number of carbonyl (C=O) groups is 1. The molecule has 1 fully saturated rings. The van der Waals surface area contributed by atoms with Crippen molar-refractivity contribution in [3.63, 3.8) is 0 Å². The van der Waals surface area contributed by atoms with E-state index in [1.807, 2.05) is 6.92 Å². The number of rotatable bonds is 8. The number of hydrogen-bond acceptors (Lipinski definition) is 4. The molecule has 8 heteroatoms. The highest BCUT2D eigenvalue weighted by molar-refractivity contribution is 7.86. The first-order chi connectivity index (χ1) is 9.43. The second-order valence-corrected chi connectivity index (χ2v) is 6.64. The number of aliphatic carboxylic acids is 1. The lowest BCUT2D eigenvalue weighted by Crippen LogP contribution is -2.48. The van der Waals surface area contributed by atoms with Crippen LogP contribution in [0.25, 0.3) is 0 Å². The summed E-state index contributed by atoms with van der Waals surface area (Å²) in [6.45, 7) is 5.82. The first-order valence-corrected chi connectivity index (χ1v) is 8.38. The van der Waals surface area contributed by atoms with Crippen LogP contribution in [0.2, 0.25) is 0 Å². The van der Waals surface area contributed by atoms with Crippen molar-refractivity contribution in [3.05, 3.63) is 0 Å². The summed E-state index contributed by atoms with van der Waals surface area (Å²) in [5.74, 6) is -1.27. The van der Waals surface area contributed by atoms with Crippen LogP contribution < -0.4 is 0 Å². The highest BCUT2D eigenvalue weighted by Gasteiger charge is 2.33. The molecule has 0 amide bonds. The van der Waals surface area contributed by atoms with Crippen molar-refractivity contribution in [1.82, 2.24) is 8.61 Å². The highest BCUT2D eigenvalue weighted by atomic mass is 32.2. The van der Waals surface area contributed by atoms with Gasteiger partial charge < -0.3 is 9.84 Å². The van der Waals surface area contributed by atoms with Crippen molar-refractivity contribution >= 4 is 16.2 Å². The van der Waals surface area contributed by atoms with Crippen molar-refractivity contribution in [2.75, 3.05) is 39.4 Å². The van der Waals surface area contributed by atoms with E-state index in [1.165, 1.54) is 8.61 Å². The third kappa shape index (κ3) is 4.41. The Kier molecular flexibility index (Phi) is 6.87. The van der Waals surface area contributed by atoms with Crippen LogP contribution in [-0.4, -0.2) is 67.5 Å². The fourth-order valence-electron chi connectivity index (χ4n) is 2.24. The molecule has 0 saturated carbocycles. The lowest BCUT2D eigenvalue weighted by molar-refractivity contribution is -0.142. The van der Waals surface area contributed by atoms with Gasteiger partial charge in [-0.15, -0.1) is 0 Å². The molecule has 0 radical (unpaired) electrons. The van der Waals surface area contributed by atoms with Gasteiger partial charge in [0.25, 0.3) is 10.2 Å². The van der Waals surface area contributed by atoms with Gasteiger partial charge in [-0.05, 0) is 19.8 Å². The Morgan fingerprint density at radius 1 is 1.35 bits per heavy atom. The van der Waals surface area contributed by atoms with Gasteiger partial charge in [-0.1, -0.05) is 6.92 Å². The quantitative estimate of drug-likeness (QED) is 0.655. The molecule has 0 aromatic carbocycles. The topological polar surface area (TPSA) is 87.2 Å². The molecule has 7 nitrogen and oxygen atoms in total. The molecule has 1 N–H and O–H groups in total.